The van der Waals surface area contributed by atoms with E-state index in [1.807, 2.05) is 0 Å². The van der Waals surface area contributed by atoms with Crippen LogP contribution in [0.5, 0.6) is 0 Å². The Morgan fingerprint density at radius 1 is 1.18 bits per heavy atom. The number of nitrogens with one attached hydrogen (secondary N) is 1. The van der Waals surface area contributed by atoms with Gasteiger partial charge in [0.2, 0.25) is 0 Å². The highest BCUT2D eigenvalue weighted by Gasteiger charge is 2.07. The molecule has 1 N–H and O–H groups in total. The summed E-state index contributed by atoms with van der Waals surface area (Å²) in [6.45, 7) is 0.391. The summed E-state index contributed by atoms with van der Waals surface area (Å²) in [7, 11) is 0. The molecule has 0 aliphatic carbocycles. The fourth-order valence-corrected chi connectivity index (χ4v) is 1.81. The fourth-order valence-electron chi connectivity index (χ4n) is 1.40. The number of aromatic nitrogens is 1. The molecule has 2 nitrogen and oxygen atoms in total. The van der Waals surface area contributed by atoms with Crippen LogP contribution in [0.1, 0.15) is 5.56 Å². The summed E-state index contributed by atoms with van der Waals surface area (Å²) < 4.78 is 13.5. The largest absolute Gasteiger partial charge is 0.377 e. The average Bonchev–Trinajstić information content (AvgIpc) is 2.30. The molecule has 0 fully saturated rings. The SMILES string of the molecule is Fc1cccc(Cl)c1NCc1ccncc1Cl. The highest BCUT2D eigenvalue weighted by Crippen LogP contribution is 2.25. The van der Waals surface area contributed by atoms with E-state index in [2.05, 4.69) is 10.3 Å². The number of hydrogen-bond acceptors (Lipinski definition) is 2. The van der Waals surface area contributed by atoms with Gasteiger partial charge in [-0.15, -0.1) is 0 Å². The fraction of sp³-hybridized carbons (Fsp3) is 0.0833. The van der Waals surface area contributed by atoms with Crippen molar-refractivity contribution >= 4 is 28.9 Å². The Hall–Kier alpha value is -1.32. The van der Waals surface area contributed by atoms with Crippen LogP contribution in [0.2, 0.25) is 10.0 Å². The molecule has 0 spiro atoms. The quantitative estimate of drug-likeness (QED) is 0.907. The van der Waals surface area contributed by atoms with Crippen LogP contribution in [-0.2, 0) is 6.54 Å². The molecule has 2 rings (SSSR count). The lowest BCUT2D eigenvalue weighted by molar-refractivity contribution is 0.630. The molecule has 0 saturated heterocycles. The van der Waals surface area contributed by atoms with Gasteiger partial charge in [-0.3, -0.25) is 4.98 Å². The summed E-state index contributed by atoms with van der Waals surface area (Å²) in [5.74, 6) is -0.386. The lowest BCUT2D eigenvalue weighted by Crippen LogP contribution is -2.02. The Bertz CT molecular complexity index is 511. The van der Waals surface area contributed by atoms with Crippen molar-refractivity contribution in [2.75, 3.05) is 5.32 Å². The molecule has 0 aliphatic heterocycles. The second kappa shape index (κ2) is 5.34. The smallest absolute Gasteiger partial charge is 0.147 e. The Morgan fingerprint density at radius 2 is 2.00 bits per heavy atom. The minimum Gasteiger partial charge on any atom is -0.377 e. The van der Waals surface area contributed by atoms with E-state index in [1.165, 1.54) is 6.07 Å². The van der Waals surface area contributed by atoms with Crippen molar-refractivity contribution in [1.29, 1.82) is 0 Å². The zero-order chi connectivity index (χ0) is 12.3. The normalized spacial score (nSPS) is 10.3. The van der Waals surface area contributed by atoms with Crippen LogP contribution in [0.4, 0.5) is 10.1 Å². The highest BCUT2D eigenvalue weighted by molar-refractivity contribution is 6.33. The molecule has 0 unspecified atom stereocenters. The zero-order valence-corrected chi connectivity index (χ0v) is 10.3. The number of pyridine rings is 1. The third kappa shape index (κ3) is 2.87. The average molecular weight is 271 g/mol. The van der Waals surface area contributed by atoms with Crippen LogP contribution >= 0.6 is 23.2 Å². The monoisotopic (exact) mass is 270 g/mol. The third-order valence-electron chi connectivity index (χ3n) is 2.27. The highest BCUT2D eigenvalue weighted by atomic mass is 35.5. The van der Waals surface area contributed by atoms with E-state index in [1.54, 1.807) is 30.6 Å². The van der Waals surface area contributed by atoms with Crippen LogP contribution < -0.4 is 5.32 Å². The summed E-state index contributed by atoms with van der Waals surface area (Å²) in [6.07, 6.45) is 3.17. The molecule has 0 aliphatic rings. The van der Waals surface area contributed by atoms with Crippen molar-refractivity contribution in [3.63, 3.8) is 0 Å². The van der Waals surface area contributed by atoms with Gasteiger partial charge in [0.1, 0.15) is 5.82 Å². The predicted molar refractivity (Wildman–Crippen MR) is 68.0 cm³/mol. The predicted octanol–water partition coefficient (Wildman–Crippen LogP) is 4.14. The number of hydrogen-bond donors (Lipinski definition) is 1. The number of benzene rings is 1. The number of rotatable bonds is 3. The molecule has 0 saturated carbocycles. The number of para-hydroxylation sites is 1. The molecule has 1 aromatic carbocycles. The molecule has 0 amide bonds. The molecule has 2 aromatic rings. The summed E-state index contributed by atoms with van der Waals surface area (Å²) >= 11 is 11.8. The van der Waals surface area contributed by atoms with Crippen molar-refractivity contribution in [1.82, 2.24) is 4.98 Å². The first-order valence-electron chi connectivity index (χ1n) is 4.95. The molecule has 88 valence electrons. The minimum absolute atomic E-state index is 0.280. The maximum Gasteiger partial charge on any atom is 0.147 e. The van der Waals surface area contributed by atoms with Gasteiger partial charge >= 0.3 is 0 Å². The third-order valence-corrected chi connectivity index (χ3v) is 2.93. The number of halogens is 3. The van der Waals surface area contributed by atoms with Gasteiger partial charge in [-0.05, 0) is 23.8 Å². The van der Waals surface area contributed by atoms with E-state index in [0.29, 0.717) is 16.6 Å². The summed E-state index contributed by atoms with van der Waals surface area (Å²) in [5, 5.41) is 3.80. The Kier molecular flexibility index (Phi) is 3.82. The van der Waals surface area contributed by atoms with Gasteiger partial charge in [0.05, 0.1) is 15.7 Å². The second-order valence-corrected chi connectivity index (χ2v) is 4.23. The van der Waals surface area contributed by atoms with Gasteiger partial charge in [0.15, 0.2) is 0 Å². The van der Waals surface area contributed by atoms with Crippen LogP contribution in [0.3, 0.4) is 0 Å². The van der Waals surface area contributed by atoms with Crippen LogP contribution in [-0.4, -0.2) is 4.98 Å². The van der Waals surface area contributed by atoms with E-state index in [4.69, 9.17) is 23.2 Å². The van der Waals surface area contributed by atoms with Crippen LogP contribution in [0.15, 0.2) is 36.7 Å². The Morgan fingerprint density at radius 3 is 2.71 bits per heavy atom. The Labute approximate surface area is 108 Å². The number of nitrogens with zero attached hydrogens (tertiary/aromatic N) is 1. The molecule has 0 radical (unpaired) electrons. The van der Waals surface area contributed by atoms with Gasteiger partial charge in [-0.25, -0.2) is 4.39 Å². The first-order chi connectivity index (χ1) is 8.18. The molecule has 17 heavy (non-hydrogen) atoms. The van der Waals surface area contributed by atoms with Crippen LogP contribution in [0.25, 0.3) is 0 Å². The molecule has 1 heterocycles. The van der Waals surface area contributed by atoms with E-state index in [9.17, 15) is 4.39 Å². The summed E-state index contributed by atoms with van der Waals surface area (Å²) in [4.78, 5) is 3.88. The maximum atomic E-state index is 13.5. The zero-order valence-electron chi connectivity index (χ0n) is 8.75. The summed E-state index contributed by atoms with van der Waals surface area (Å²) in [5.41, 5.74) is 1.11. The van der Waals surface area contributed by atoms with E-state index < -0.39 is 0 Å². The molecule has 1 aromatic heterocycles. The van der Waals surface area contributed by atoms with Gasteiger partial charge in [-0.1, -0.05) is 29.3 Å². The van der Waals surface area contributed by atoms with Gasteiger partial charge in [0.25, 0.3) is 0 Å². The minimum atomic E-state index is -0.386. The standard InChI is InChI=1S/C12H9Cl2FN2/c13-9-2-1-3-11(15)12(9)17-6-8-4-5-16-7-10(8)14/h1-5,7,17H,6H2. The van der Waals surface area contributed by atoms with Crippen molar-refractivity contribution in [2.45, 2.75) is 6.54 Å². The van der Waals surface area contributed by atoms with Crippen molar-refractivity contribution in [3.05, 3.63) is 58.1 Å². The van der Waals surface area contributed by atoms with Crippen molar-refractivity contribution < 1.29 is 4.39 Å². The Balaban J connectivity index is 2.16. The van der Waals surface area contributed by atoms with E-state index in [-0.39, 0.29) is 11.5 Å². The molecule has 0 bridgehead atoms. The maximum absolute atomic E-state index is 13.5. The van der Waals surface area contributed by atoms with Gasteiger partial charge in [-0.2, -0.15) is 0 Å². The number of anilines is 1. The lowest BCUT2D eigenvalue weighted by atomic mass is 10.2. The van der Waals surface area contributed by atoms with Crippen molar-refractivity contribution in [2.24, 2.45) is 0 Å². The van der Waals surface area contributed by atoms with Gasteiger partial charge in [0, 0.05) is 18.9 Å². The summed E-state index contributed by atoms with van der Waals surface area (Å²) in [6, 6.07) is 6.30. The topological polar surface area (TPSA) is 24.9 Å². The van der Waals surface area contributed by atoms with Crippen molar-refractivity contribution in [3.8, 4) is 0 Å². The first kappa shape index (κ1) is 12.1. The second-order valence-electron chi connectivity index (χ2n) is 3.42. The first-order valence-corrected chi connectivity index (χ1v) is 5.70. The lowest BCUT2D eigenvalue weighted by Gasteiger charge is -2.10. The van der Waals surface area contributed by atoms with E-state index >= 15 is 0 Å². The van der Waals surface area contributed by atoms with Gasteiger partial charge < -0.3 is 5.32 Å². The van der Waals surface area contributed by atoms with E-state index in [0.717, 1.165) is 5.56 Å². The molecule has 0 atom stereocenters. The van der Waals surface area contributed by atoms with Crippen LogP contribution in [0, 0.1) is 5.82 Å². The molecular formula is C12H9Cl2FN2. The molecular weight excluding hydrogens is 262 g/mol. The molecule has 5 heteroatoms.